The molecule has 0 spiro atoms. The number of aliphatic carboxylic acids is 1. The Bertz CT molecular complexity index is 1420. The number of carboxylic acid groups (broad SMARTS) is 1. The smallest absolute Gasteiger partial charge is 0.394 e. The van der Waals surface area contributed by atoms with Gasteiger partial charge in [-0.15, -0.1) is 0 Å². The molecule has 0 aliphatic heterocycles. The Morgan fingerprint density at radius 1 is 0.725 bits per heavy atom. The van der Waals surface area contributed by atoms with Gasteiger partial charge in [0.05, 0.1) is 0 Å². The van der Waals surface area contributed by atoms with Gasteiger partial charge in [-0.1, -0.05) is 96.0 Å². The van der Waals surface area contributed by atoms with Crippen molar-refractivity contribution in [3.63, 3.8) is 0 Å². The summed E-state index contributed by atoms with van der Waals surface area (Å²) in [5.74, 6) is -2.77. The van der Waals surface area contributed by atoms with Gasteiger partial charge in [0.1, 0.15) is 0 Å². The van der Waals surface area contributed by atoms with Gasteiger partial charge < -0.3 is 15.3 Å². The third-order valence-corrected chi connectivity index (χ3v) is 6.89. The van der Waals surface area contributed by atoms with Crippen LogP contribution >= 0.6 is 23.2 Å². The topological polar surface area (TPSA) is 86.7 Å². The maximum Gasteiger partial charge on any atom is 0.394 e. The highest BCUT2D eigenvalue weighted by atomic mass is 35.5. The molecule has 40 heavy (non-hydrogen) atoms. The van der Waals surface area contributed by atoms with Crippen LogP contribution in [0.5, 0.6) is 0 Å². The van der Waals surface area contributed by atoms with Gasteiger partial charge in [-0.3, -0.25) is 9.59 Å². The highest BCUT2D eigenvalue weighted by molar-refractivity contribution is 6.34. The molecule has 0 heterocycles. The Labute approximate surface area is 243 Å². The van der Waals surface area contributed by atoms with E-state index in [9.17, 15) is 19.5 Å². The van der Waals surface area contributed by atoms with Gasteiger partial charge in [0.25, 0.3) is 5.91 Å². The van der Waals surface area contributed by atoms with Crippen molar-refractivity contribution in [1.29, 1.82) is 0 Å². The second kappa shape index (κ2) is 13.8. The van der Waals surface area contributed by atoms with E-state index in [4.69, 9.17) is 23.2 Å². The van der Waals surface area contributed by atoms with Crippen molar-refractivity contribution >= 4 is 41.0 Å². The Morgan fingerprint density at radius 3 is 1.88 bits per heavy atom. The van der Waals surface area contributed by atoms with E-state index >= 15 is 0 Å². The summed E-state index contributed by atoms with van der Waals surface area (Å²) in [4.78, 5) is 38.2. The zero-order valence-corrected chi connectivity index (χ0v) is 23.1. The fourth-order valence-electron chi connectivity index (χ4n) is 4.62. The molecule has 0 aromatic heterocycles. The Balaban J connectivity index is 1.44. The number of nitrogens with one attached hydrogen (secondary N) is 1. The van der Waals surface area contributed by atoms with Crippen molar-refractivity contribution in [3.05, 3.63) is 141 Å². The fraction of sp³-hybridized carbons (Fsp3) is 0.156. The standard InChI is InChI=1S/C32H28Cl2N2O4/c33-27-17-23(18-28(34)19-27)21-36(31(38)32(39)40)20-22-8-7-13-26(16-22)30(37)35-15-14-29(24-9-3-1-4-10-24)25-11-5-2-6-12-25/h1-13,16-19,29H,14-15,20-21H2,(H,35,37)(H,39,40). The van der Waals surface area contributed by atoms with Gasteiger partial charge in [0, 0.05) is 41.2 Å². The first-order valence-corrected chi connectivity index (χ1v) is 13.5. The van der Waals surface area contributed by atoms with Crippen LogP contribution in [0.15, 0.2) is 103 Å². The van der Waals surface area contributed by atoms with Crippen LogP contribution in [0.4, 0.5) is 0 Å². The summed E-state index contributed by atoms with van der Waals surface area (Å²) in [6.07, 6.45) is 0.711. The first-order valence-electron chi connectivity index (χ1n) is 12.7. The van der Waals surface area contributed by atoms with Crippen molar-refractivity contribution in [2.75, 3.05) is 6.54 Å². The van der Waals surface area contributed by atoms with E-state index in [0.717, 1.165) is 0 Å². The number of carbonyl (C=O) groups excluding carboxylic acids is 2. The molecule has 0 bridgehead atoms. The lowest BCUT2D eigenvalue weighted by molar-refractivity contribution is -0.156. The molecule has 2 amide bonds. The molecule has 4 rings (SSSR count). The fourth-order valence-corrected chi connectivity index (χ4v) is 5.19. The van der Waals surface area contributed by atoms with Crippen LogP contribution in [0.3, 0.4) is 0 Å². The summed E-state index contributed by atoms with van der Waals surface area (Å²) in [5, 5.41) is 13.1. The van der Waals surface area contributed by atoms with Crippen LogP contribution in [0, 0.1) is 0 Å². The van der Waals surface area contributed by atoms with Crippen molar-refractivity contribution in [2.45, 2.75) is 25.4 Å². The summed E-state index contributed by atoms with van der Waals surface area (Å²) in [6, 6.07) is 31.9. The zero-order chi connectivity index (χ0) is 28.5. The monoisotopic (exact) mass is 574 g/mol. The SMILES string of the molecule is O=C(O)C(=O)N(Cc1cc(Cl)cc(Cl)c1)Cc1cccc(C(=O)NCCC(c2ccccc2)c2ccccc2)c1. The van der Waals surface area contributed by atoms with E-state index in [1.807, 2.05) is 36.4 Å². The minimum atomic E-state index is -1.58. The maximum atomic E-state index is 13.0. The predicted molar refractivity (Wildman–Crippen MR) is 156 cm³/mol. The number of carbonyl (C=O) groups is 3. The highest BCUT2D eigenvalue weighted by Gasteiger charge is 2.22. The van der Waals surface area contributed by atoms with Crippen molar-refractivity contribution < 1.29 is 19.5 Å². The number of amides is 2. The van der Waals surface area contributed by atoms with Crippen LogP contribution in [0.2, 0.25) is 10.0 Å². The van der Waals surface area contributed by atoms with Crippen LogP contribution in [0.25, 0.3) is 0 Å². The summed E-state index contributed by atoms with van der Waals surface area (Å²) in [6.45, 7) is 0.430. The average Bonchev–Trinajstić information content (AvgIpc) is 2.95. The second-order valence-corrected chi connectivity index (χ2v) is 10.2. The van der Waals surface area contributed by atoms with Gasteiger partial charge >= 0.3 is 11.9 Å². The van der Waals surface area contributed by atoms with Gasteiger partial charge in [-0.2, -0.15) is 0 Å². The number of hydrogen-bond acceptors (Lipinski definition) is 3. The summed E-state index contributed by atoms with van der Waals surface area (Å²) < 4.78 is 0. The number of halogens is 2. The quantitative estimate of drug-likeness (QED) is 0.210. The molecule has 0 radical (unpaired) electrons. The van der Waals surface area contributed by atoms with Crippen molar-refractivity contribution in [1.82, 2.24) is 10.2 Å². The molecule has 0 fully saturated rings. The van der Waals surface area contributed by atoms with Gasteiger partial charge in [-0.25, -0.2) is 4.79 Å². The number of nitrogens with zero attached hydrogens (tertiary/aromatic N) is 1. The van der Waals surface area contributed by atoms with E-state index in [0.29, 0.717) is 39.7 Å². The molecule has 0 unspecified atom stereocenters. The molecule has 8 heteroatoms. The summed E-state index contributed by atoms with van der Waals surface area (Å²) >= 11 is 12.1. The normalized spacial score (nSPS) is 10.8. The number of carboxylic acids is 1. The molecule has 2 N–H and O–H groups in total. The molecule has 4 aromatic carbocycles. The van der Waals surface area contributed by atoms with Gasteiger partial charge in [0.2, 0.25) is 0 Å². The number of rotatable bonds is 10. The zero-order valence-electron chi connectivity index (χ0n) is 21.6. The molecule has 4 aromatic rings. The Morgan fingerprint density at radius 2 is 1.30 bits per heavy atom. The van der Waals surface area contributed by atoms with Gasteiger partial charge in [0.15, 0.2) is 0 Å². The number of hydrogen-bond donors (Lipinski definition) is 2. The lowest BCUT2D eigenvalue weighted by atomic mass is 9.88. The predicted octanol–water partition coefficient (Wildman–Crippen LogP) is 6.56. The molecule has 6 nitrogen and oxygen atoms in total. The third-order valence-electron chi connectivity index (χ3n) is 6.45. The highest BCUT2D eigenvalue weighted by Crippen LogP contribution is 2.27. The second-order valence-electron chi connectivity index (χ2n) is 9.36. The maximum absolute atomic E-state index is 13.0. The molecule has 0 atom stereocenters. The van der Waals surface area contributed by atoms with Crippen molar-refractivity contribution in [3.8, 4) is 0 Å². The minimum absolute atomic E-state index is 0.0117. The molecule has 0 saturated heterocycles. The molecule has 204 valence electrons. The Hall–Kier alpha value is -4.13. The molecule has 0 aliphatic carbocycles. The van der Waals surface area contributed by atoms with E-state index in [1.165, 1.54) is 16.0 Å². The Kier molecular flexibility index (Phi) is 9.95. The summed E-state index contributed by atoms with van der Waals surface area (Å²) in [7, 11) is 0. The van der Waals surface area contributed by atoms with Crippen LogP contribution in [0.1, 0.15) is 45.0 Å². The molecule has 0 aliphatic rings. The lowest BCUT2D eigenvalue weighted by Gasteiger charge is -2.22. The van der Waals surface area contributed by atoms with Crippen LogP contribution in [-0.2, 0) is 22.7 Å². The van der Waals surface area contributed by atoms with E-state index < -0.39 is 11.9 Å². The van der Waals surface area contributed by atoms with E-state index in [1.54, 1.807) is 42.5 Å². The van der Waals surface area contributed by atoms with E-state index in [2.05, 4.69) is 29.6 Å². The summed E-state index contributed by atoms with van der Waals surface area (Å²) in [5.41, 5.74) is 3.97. The molecular formula is C32H28Cl2N2O4. The van der Waals surface area contributed by atoms with Crippen molar-refractivity contribution in [2.24, 2.45) is 0 Å². The first-order chi connectivity index (χ1) is 19.3. The van der Waals surface area contributed by atoms with Crippen LogP contribution < -0.4 is 5.32 Å². The average molecular weight is 575 g/mol. The molecular weight excluding hydrogens is 547 g/mol. The largest absolute Gasteiger partial charge is 0.474 e. The lowest BCUT2D eigenvalue weighted by Crippen LogP contribution is -2.35. The number of benzene rings is 4. The molecule has 0 saturated carbocycles. The third kappa shape index (κ3) is 7.94. The first kappa shape index (κ1) is 28.9. The van der Waals surface area contributed by atoms with E-state index in [-0.39, 0.29) is 24.9 Å². The minimum Gasteiger partial charge on any atom is -0.474 e. The van der Waals surface area contributed by atoms with Gasteiger partial charge in [-0.05, 0) is 59.0 Å². The van der Waals surface area contributed by atoms with Crippen LogP contribution in [-0.4, -0.2) is 34.3 Å².